The lowest BCUT2D eigenvalue weighted by Gasteiger charge is -2.41. The Morgan fingerprint density at radius 1 is 1.29 bits per heavy atom. The number of rotatable bonds is 3. The van der Waals surface area contributed by atoms with Crippen LogP contribution in [0.1, 0.15) is 42.5 Å². The van der Waals surface area contributed by atoms with Crippen molar-refractivity contribution in [3.8, 4) is 0 Å². The van der Waals surface area contributed by atoms with Crippen LogP contribution in [0.4, 0.5) is 0 Å². The van der Waals surface area contributed by atoms with Gasteiger partial charge in [-0.2, -0.15) is 0 Å². The molecule has 1 aromatic rings. The first kappa shape index (κ1) is 15.3. The number of carbonyl (C=O) groups excluding carboxylic acids is 1. The van der Waals surface area contributed by atoms with Crippen LogP contribution in [0.5, 0.6) is 0 Å². The Morgan fingerprint density at radius 2 is 1.90 bits per heavy atom. The minimum absolute atomic E-state index is 0.229. The van der Waals surface area contributed by atoms with Crippen molar-refractivity contribution < 1.29 is 14.7 Å². The van der Waals surface area contributed by atoms with Crippen LogP contribution < -0.4 is 5.56 Å². The van der Waals surface area contributed by atoms with Crippen molar-refractivity contribution in [1.82, 2.24) is 9.47 Å². The van der Waals surface area contributed by atoms with Crippen molar-refractivity contribution in [2.45, 2.75) is 37.6 Å². The Balaban J connectivity index is 2.34. The van der Waals surface area contributed by atoms with Gasteiger partial charge in [0.15, 0.2) is 0 Å². The predicted octanol–water partition coefficient (Wildman–Crippen LogP) is 1.24. The van der Waals surface area contributed by atoms with Crippen molar-refractivity contribution in [1.29, 1.82) is 0 Å². The first-order valence-electron chi connectivity index (χ1n) is 7.07. The highest BCUT2D eigenvalue weighted by Crippen LogP contribution is 2.34. The predicted molar refractivity (Wildman–Crippen MR) is 77.2 cm³/mol. The molecule has 6 heteroatoms. The van der Waals surface area contributed by atoms with E-state index in [-0.39, 0.29) is 11.1 Å². The Hall–Kier alpha value is -2.11. The number of aliphatic carboxylic acids is 1. The molecule has 1 amide bonds. The zero-order valence-electron chi connectivity index (χ0n) is 12.3. The summed E-state index contributed by atoms with van der Waals surface area (Å²) in [5, 5.41) is 9.59. The van der Waals surface area contributed by atoms with Crippen LogP contribution in [-0.4, -0.2) is 39.0 Å². The summed E-state index contributed by atoms with van der Waals surface area (Å²) in [5.41, 5.74) is -1.22. The molecule has 0 bridgehead atoms. The summed E-state index contributed by atoms with van der Waals surface area (Å²) in [6, 6.07) is 2.79. The summed E-state index contributed by atoms with van der Waals surface area (Å²) in [5.74, 6) is -1.39. The van der Waals surface area contributed by atoms with E-state index in [1.54, 1.807) is 13.1 Å². The average Bonchev–Trinajstić information content (AvgIpc) is 2.49. The van der Waals surface area contributed by atoms with Crippen molar-refractivity contribution in [2.24, 2.45) is 7.05 Å². The van der Waals surface area contributed by atoms with E-state index in [4.69, 9.17) is 0 Å². The standard InChI is InChI=1S/C15H20N2O4/c1-16-9-6-11(10-12(16)18)13(19)17(2)15(14(20)21)7-4-3-5-8-15/h6,9-10H,3-5,7-8H2,1-2H3,(H,20,21). The number of aryl methyl sites for hydroxylation is 1. The smallest absolute Gasteiger partial charge is 0.329 e. The molecule has 0 saturated heterocycles. The average molecular weight is 292 g/mol. The molecule has 21 heavy (non-hydrogen) atoms. The first-order valence-corrected chi connectivity index (χ1v) is 7.07. The van der Waals surface area contributed by atoms with E-state index in [1.165, 1.54) is 28.8 Å². The molecule has 0 atom stereocenters. The van der Waals surface area contributed by atoms with Crippen LogP contribution in [0.3, 0.4) is 0 Å². The summed E-state index contributed by atoms with van der Waals surface area (Å²) in [6.45, 7) is 0. The number of hydrogen-bond donors (Lipinski definition) is 1. The Labute approximate surface area is 123 Å². The number of likely N-dealkylation sites (N-methyl/N-ethyl adjacent to an activating group) is 1. The van der Waals surface area contributed by atoms with Gasteiger partial charge in [-0.15, -0.1) is 0 Å². The van der Waals surface area contributed by atoms with Crippen LogP contribution in [0.2, 0.25) is 0 Å². The largest absolute Gasteiger partial charge is 0.479 e. The van der Waals surface area contributed by atoms with Gasteiger partial charge in [0.25, 0.3) is 11.5 Å². The van der Waals surface area contributed by atoms with Crippen molar-refractivity contribution in [3.05, 3.63) is 34.2 Å². The maximum absolute atomic E-state index is 12.5. The molecule has 1 aliphatic rings. The lowest BCUT2D eigenvalue weighted by Crippen LogP contribution is -2.56. The Kier molecular flexibility index (Phi) is 4.16. The van der Waals surface area contributed by atoms with Crippen molar-refractivity contribution in [2.75, 3.05) is 7.05 Å². The third-order valence-corrected chi connectivity index (χ3v) is 4.38. The number of carboxylic acids is 1. The van der Waals surface area contributed by atoms with Crippen LogP contribution in [-0.2, 0) is 11.8 Å². The molecule has 6 nitrogen and oxygen atoms in total. The topological polar surface area (TPSA) is 79.6 Å². The second kappa shape index (κ2) is 5.71. The van der Waals surface area contributed by atoms with Gasteiger partial charge in [-0.3, -0.25) is 9.59 Å². The van der Waals surface area contributed by atoms with Crippen LogP contribution in [0.25, 0.3) is 0 Å². The van der Waals surface area contributed by atoms with Crippen molar-refractivity contribution >= 4 is 11.9 Å². The lowest BCUT2D eigenvalue weighted by molar-refractivity contribution is -0.151. The normalized spacial score (nSPS) is 17.2. The maximum atomic E-state index is 12.5. The molecule has 1 saturated carbocycles. The molecule has 2 rings (SSSR count). The van der Waals surface area contributed by atoms with Gasteiger partial charge >= 0.3 is 5.97 Å². The van der Waals surface area contributed by atoms with Gasteiger partial charge in [0.05, 0.1) is 0 Å². The van der Waals surface area contributed by atoms with Crippen LogP contribution in [0.15, 0.2) is 23.1 Å². The number of carbonyl (C=O) groups is 2. The van der Waals surface area contributed by atoms with E-state index in [9.17, 15) is 19.5 Å². The summed E-state index contributed by atoms with van der Waals surface area (Å²) < 4.78 is 1.37. The molecule has 0 radical (unpaired) electrons. The molecule has 1 aromatic heterocycles. The number of nitrogens with zero attached hydrogens (tertiary/aromatic N) is 2. The van der Waals surface area contributed by atoms with Gasteiger partial charge in [0.2, 0.25) is 0 Å². The number of amides is 1. The van der Waals surface area contributed by atoms with E-state index in [1.807, 2.05) is 0 Å². The van der Waals surface area contributed by atoms with E-state index >= 15 is 0 Å². The monoisotopic (exact) mass is 292 g/mol. The van der Waals surface area contributed by atoms with Gasteiger partial charge in [0.1, 0.15) is 5.54 Å². The summed E-state index contributed by atoms with van der Waals surface area (Å²) >= 11 is 0. The number of pyridine rings is 1. The molecule has 0 unspecified atom stereocenters. The SMILES string of the molecule is CN(C(=O)c1ccn(C)c(=O)c1)C1(C(=O)O)CCCCC1. The molecule has 1 heterocycles. The molecular formula is C15H20N2O4. The van der Waals surface area contributed by atoms with Gasteiger partial charge in [-0.1, -0.05) is 19.3 Å². The summed E-state index contributed by atoms with van der Waals surface area (Å²) in [4.78, 5) is 37.2. The van der Waals surface area contributed by atoms with E-state index in [0.29, 0.717) is 12.8 Å². The number of carboxylic acid groups (broad SMARTS) is 1. The van der Waals surface area contributed by atoms with Gasteiger partial charge < -0.3 is 14.6 Å². The molecule has 0 aliphatic heterocycles. The van der Waals surface area contributed by atoms with Crippen molar-refractivity contribution in [3.63, 3.8) is 0 Å². The van der Waals surface area contributed by atoms with Gasteiger partial charge in [-0.05, 0) is 18.9 Å². The minimum Gasteiger partial charge on any atom is -0.479 e. The zero-order valence-corrected chi connectivity index (χ0v) is 12.3. The quantitative estimate of drug-likeness (QED) is 0.909. The highest BCUT2D eigenvalue weighted by Gasteiger charge is 2.45. The van der Waals surface area contributed by atoms with E-state index in [0.717, 1.165) is 19.3 Å². The third-order valence-electron chi connectivity index (χ3n) is 4.38. The van der Waals surface area contributed by atoms with Gasteiger partial charge in [-0.25, -0.2) is 4.79 Å². The molecule has 114 valence electrons. The fraction of sp³-hybridized carbons (Fsp3) is 0.533. The zero-order chi connectivity index (χ0) is 15.6. The molecular weight excluding hydrogens is 272 g/mol. The van der Waals surface area contributed by atoms with Gasteiger partial charge in [0, 0.05) is 31.9 Å². The summed E-state index contributed by atoms with van der Waals surface area (Å²) in [7, 11) is 3.11. The molecule has 0 aromatic carbocycles. The number of aromatic nitrogens is 1. The summed E-state index contributed by atoms with van der Waals surface area (Å²) in [6.07, 6.45) is 4.99. The molecule has 1 fully saturated rings. The van der Waals surface area contributed by atoms with E-state index in [2.05, 4.69) is 0 Å². The Bertz CT molecular complexity index is 614. The molecule has 1 N–H and O–H groups in total. The highest BCUT2D eigenvalue weighted by atomic mass is 16.4. The fourth-order valence-electron chi connectivity index (χ4n) is 2.90. The van der Waals surface area contributed by atoms with Crippen LogP contribution in [0, 0.1) is 0 Å². The number of hydrogen-bond acceptors (Lipinski definition) is 3. The minimum atomic E-state index is -1.16. The third kappa shape index (κ3) is 2.70. The maximum Gasteiger partial charge on any atom is 0.329 e. The van der Waals surface area contributed by atoms with Crippen LogP contribution >= 0.6 is 0 Å². The highest BCUT2D eigenvalue weighted by molar-refractivity contribution is 5.97. The van der Waals surface area contributed by atoms with E-state index < -0.39 is 17.4 Å². The Morgan fingerprint density at radius 3 is 2.43 bits per heavy atom. The second-order valence-corrected chi connectivity index (χ2v) is 5.63. The molecule has 0 spiro atoms. The first-order chi connectivity index (χ1) is 9.88. The molecule has 1 aliphatic carbocycles. The second-order valence-electron chi connectivity index (χ2n) is 5.63. The lowest BCUT2D eigenvalue weighted by atomic mass is 9.80. The fourth-order valence-corrected chi connectivity index (χ4v) is 2.90.